The summed E-state index contributed by atoms with van der Waals surface area (Å²) in [5.74, 6) is 0.459. The van der Waals surface area contributed by atoms with Crippen molar-refractivity contribution in [3.05, 3.63) is 60.2 Å². The van der Waals surface area contributed by atoms with Crippen molar-refractivity contribution >= 4 is 0 Å². The highest BCUT2D eigenvalue weighted by atomic mass is 16.5. The Bertz CT molecular complexity index is 374. The fourth-order valence-corrected chi connectivity index (χ4v) is 1.79. The zero-order valence-corrected chi connectivity index (χ0v) is 11.7. The van der Waals surface area contributed by atoms with Crippen LogP contribution in [0, 0.1) is 5.92 Å². The second kappa shape index (κ2) is 7.88. The quantitative estimate of drug-likeness (QED) is 0.629. The molecule has 0 heterocycles. The molecule has 1 nitrogen and oxygen atoms in total. The van der Waals surface area contributed by atoms with Crippen LogP contribution in [0.4, 0.5) is 0 Å². The average molecular weight is 244 g/mol. The molecule has 0 radical (unpaired) electrons. The first-order valence-corrected chi connectivity index (χ1v) is 6.55. The van der Waals surface area contributed by atoms with E-state index in [1.54, 1.807) is 0 Å². The molecule has 0 aliphatic carbocycles. The molecule has 0 saturated carbocycles. The van der Waals surface area contributed by atoms with Crippen LogP contribution in [-0.2, 0) is 11.3 Å². The topological polar surface area (TPSA) is 9.23 Å². The molecular formula is C17H24O. The minimum Gasteiger partial charge on any atom is -0.369 e. The van der Waals surface area contributed by atoms with E-state index in [0.717, 1.165) is 6.42 Å². The third kappa shape index (κ3) is 5.33. The van der Waals surface area contributed by atoms with E-state index in [-0.39, 0.29) is 6.10 Å². The molecule has 1 aromatic carbocycles. The van der Waals surface area contributed by atoms with Crippen LogP contribution in [0.1, 0.15) is 32.8 Å². The summed E-state index contributed by atoms with van der Waals surface area (Å²) >= 11 is 0. The zero-order valence-electron chi connectivity index (χ0n) is 11.7. The molecule has 98 valence electrons. The summed E-state index contributed by atoms with van der Waals surface area (Å²) in [4.78, 5) is 0. The molecule has 0 aromatic heterocycles. The van der Waals surface area contributed by atoms with Gasteiger partial charge in [0.15, 0.2) is 0 Å². The van der Waals surface area contributed by atoms with E-state index < -0.39 is 0 Å². The summed E-state index contributed by atoms with van der Waals surface area (Å²) in [6.45, 7) is 11.0. The first kappa shape index (κ1) is 14.7. The highest BCUT2D eigenvalue weighted by Crippen LogP contribution is 2.16. The lowest BCUT2D eigenvalue weighted by atomic mass is 9.99. The van der Waals surface area contributed by atoms with Gasteiger partial charge in [0.1, 0.15) is 0 Å². The lowest BCUT2D eigenvalue weighted by Crippen LogP contribution is -2.18. The molecule has 0 saturated heterocycles. The van der Waals surface area contributed by atoms with Crippen LogP contribution in [0.3, 0.4) is 0 Å². The number of hydrogen-bond donors (Lipinski definition) is 0. The number of benzene rings is 1. The molecule has 2 atom stereocenters. The van der Waals surface area contributed by atoms with Crippen LogP contribution in [0.25, 0.3) is 0 Å². The Morgan fingerprint density at radius 2 is 1.94 bits per heavy atom. The van der Waals surface area contributed by atoms with Gasteiger partial charge in [0.05, 0.1) is 12.7 Å². The molecule has 0 aliphatic rings. The Balaban J connectivity index is 2.46. The number of ether oxygens (including phenoxy) is 1. The summed E-state index contributed by atoms with van der Waals surface area (Å²) in [7, 11) is 0. The Labute approximate surface area is 111 Å². The number of allylic oxidation sites excluding steroid dienone is 2. The van der Waals surface area contributed by atoms with Crippen LogP contribution < -0.4 is 0 Å². The fourth-order valence-electron chi connectivity index (χ4n) is 1.79. The van der Waals surface area contributed by atoms with E-state index >= 15 is 0 Å². The number of hydrogen-bond acceptors (Lipinski definition) is 1. The van der Waals surface area contributed by atoms with Crippen molar-refractivity contribution in [3.8, 4) is 0 Å². The van der Waals surface area contributed by atoms with Crippen LogP contribution in [0.2, 0.25) is 0 Å². The van der Waals surface area contributed by atoms with Crippen molar-refractivity contribution in [2.45, 2.75) is 39.9 Å². The first-order chi connectivity index (χ1) is 8.63. The van der Waals surface area contributed by atoms with Crippen LogP contribution in [0.5, 0.6) is 0 Å². The monoisotopic (exact) mass is 244 g/mol. The smallest absolute Gasteiger partial charge is 0.0786 e. The van der Waals surface area contributed by atoms with Gasteiger partial charge in [-0.25, -0.2) is 0 Å². The maximum absolute atomic E-state index is 5.92. The second-order valence-electron chi connectivity index (χ2n) is 4.99. The van der Waals surface area contributed by atoms with Gasteiger partial charge in [-0.15, -0.1) is 6.58 Å². The lowest BCUT2D eigenvalue weighted by molar-refractivity contribution is 0.0388. The summed E-state index contributed by atoms with van der Waals surface area (Å²) < 4.78 is 5.92. The summed E-state index contributed by atoms with van der Waals surface area (Å²) in [6, 6.07) is 10.3. The molecule has 1 aromatic rings. The van der Waals surface area contributed by atoms with Crippen molar-refractivity contribution in [2.24, 2.45) is 5.92 Å². The molecule has 0 amide bonds. The second-order valence-corrected chi connectivity index (χ2v) is 4.99. The molecule has 0 aliphatic heterocycles. The van der Waals surface area contributed by atoms with Crippen molar-refractivity contribution < 1.29 is 4.74 Å². The zero-order chi connectivity index (χ0) is 13.4. The highest BCUT2D eigenvalue weighted by Gasteiger charge is 2.13. The predicted octanol–water partition coefficient (Wildman–Crippen LogP) is 4.75. The lowest BCUT2D eigenvalue weighted by Gasteiger charge is -2.20. The number of rotatable bonds is 7. The largest absolute Gasteiger partial charge is 0.369 e. The summed E-state index contributed by atoms with van der Waals surface area (Å²) in [6.07, 6.45) is 5.31. The van der Waals surface area contributed by atoms with Crippen molar-refractivity contribution in [1.82, 2.24) is 0 Å². The van der Waals surface area contributed by atoms with Gasteiger partial charge in [-0.05, 0) is 31.7 Å². The van der Waals surface area contributed by atoms with E-state index in [0.29, 0.717) is 12.5 Å². The minimum atomic E-state index is 0.112. The third-order valence-corrected chi connectivity index (χ3v) is 2.98. The predicted molar refractivity (Wildman–Crippen MR) is 78.4 cm³/mol. The van der Waals surface area contributed by atoms with Crippen LogP contribution >= 0.6 is 0 Å². The Morgan fingerprint density at radius 1 is 1.28 bits per heavy atom. The van der Waals surface area contributed by atoms with Gasteiger partial charge in [0.25, 0.3) is 0 Å². The molecule has 1 rings (SSSR count). The van der Waals surface area contributed by atoms with Gasteiger partial charge >= 0.3 is 0 Å². The Hall–Kier alpha value is -1.34. The highest BCUT2D eigenvalue weighted by molar-refractivity contribution is 5.13. The first-order valence-electron chi connectivity index (χ1n) is 6.55. The van der Waals surface area contributed by atoms with E-state index in [1.807, 2.05) is 24.3 Å². The van der Waals surface area contributed by atoms with E-state index in [2.05, 4.69) is 45.6 Å². The van der Waals surface area contributed by atoms with Crippen LogP contribution in [0.15, 0.2) is 54.6 Å². The summed E-state index contributed by atoms with van der Waals surface area (Å²) in [5, 5.41) is 0. The normalized spacial score (nSPS) is 13.7. The Morgan fingerprint density at radius 3 is 2.50 bits per heavy atom. The molecule has 0 bridgehead atoms. The van der Waals surface area contributed by atoms with Gasteiger partial charge in [0.2, 0.25) is 0 Å². The van der Waals surface area contributed by atoms with Gasteiger partial charge < -0.3 is 4.74 Å². The average Bonchev–Trinajstić information content (AvgIpc) is 2.38. The fraction of sp³-hybridized carbons (Fsp3) is 0.412. The van der Waals surface area contributed by atoms with Gasteiger partial charge in [0, 0.05) is 0 Å². The van der Waals surface area contributed by atoms with Crippen molar-refractivity contribution in [2.75, 3.05) is 0 Å². The van der Waals surface area contributed by atoms with Crippen LogP contribution in [-0.4, -0.2) is 6.10 Å². The standard InChI is InChI=1S/C17H24O/c1-5-17(15(4)12-11-14(2)3)18-13-16-9-7-6-8-10-16/h5-11,15,17H,1,12-13H2,2-4H3. The van der Waals surface area contributed by atoms with E-state index in [1.165, 1.54) is 11.1 Å². The molecule has 0 fully saturated rings. The maximum atomic E-state index is 5.92. The van der Waals surface area contributed by atoms with Gasteiger partial charge in [-0.2, -0.15) is 0 Å². The summed E-state index contributed by atoms with van der Waals surface area (Å²) in [5.41, 5.74) is 2.56. The SMILES string of the molecule is C=CC(OCc1ccccc1)C(C)CC=C(C)C. The molecule has 1 heteroatoms. The molecule has 0 N–H and O–H groups in total. The molecule has 2 unspecified atom stereocenters. The van der Waals surface area contributed by atoms with E-state index in [4.69, 9.17) is 4.74 Å². The minimum absolute atomic E-state index is 0.112. The molecule has 0 spiro atoms. The van der Waals surface area contributed by atoms with Crippen molar-refractivity contribution in [1.29, 1.82) is 0 Å². The van der Waals surface area contributed by atoms with Gasteiger partial charge in [-0.3, -0.25) is 0 Å². The molecular weight excluding hydrogens is 220 g/mol. The van der Waals surface area contributed by atoms with Crippen molar-refractivity contribution in [3.63, 3.8) is 0 Å². The Kier molecular flexibility index (Phi) is 6.45. The van der Waals surface area contributed by atoms with Gasteiger partial charge in [-0.1, -0.05) is 55.0 Å². The molecule has 18 heavy (non-hydrogen) atoms. The van der Waals surface area contributed by atoms with E-state index in [9.17, 15) is 0 Å². The third-order valence-electron chi connectivity index (χ3n) is 2.98. The maximum Gasteiger partial charge on any atom is 0.0786 e.